The largest absolute Gasteiger partial charge is 0.370 e. The van der Waals surface area contributed by atoms with E-state index < -0.39 is 0 Å². The number of nitrogens with one attached hydrogen (secondary N) is 2. The van der Waals surface area contributed by atoms with Crippen molar-refractivity contribution in [2.75, 3.05) is 23.7 Å². The third-order valence-corrected chi connectivity index (χ3v) is 2.65. The van der Waals surface area contributed by atoms with Crippen LogP contribution in [0.5, 0.6) is 0 Å². The van der Waals surface area contributed by atoms with Crippen LogP contribution in [-0.4, -0.2) is 32.6 Å². The van der Waals surface area contributed by atoms with E-state index in [9.17, 15) is 0 Å². The van der Waals surface area contributed by atoms with Gasteiger partial charge in [-0.2, -0.15) is 0 Å². The Morgan fingerprint density at radius 2 is 2.00 bits per heavy atom. The van der Waals surface area contributed by atoms with Crippen LogP contribution in [0.25, 0.3) is 0 Å². The van der Waals surface area contributed by atoms with Crippen LogP contribution < -0.4 is 10.6 Å². The van der Waals surface area contributed by atoms with Gasteiger partial charge in [-0.15, -0.1) is 0 Å². The lowest BCUT2D eigenvalue weighted by molar-refractivity contribution is 0.660. The van der Waals surface area contributed by atoms with E-state index in [2.05, 4.69) is 37.1 Å². The molecule has 0 aliphatic heterocycles. The van der Waals surface area contributed by atoms with Gasteiger partial charge in [0.2, 0.25) is 0 Å². The molecule has 0 radical (unpaired) electrons. The first kappa shape index (κ1) is 13.3. The van der Waals surface area contributed by atoms with Crippen molar-refractivity contribution >= 4 is 11.6 Å². The number of rotatable bonds is 7. The summed E-state index contributed by atoms with van der Waals surface area (Å²) in [6.45, 7) is 6.64. The summed E-state index contributed by atoms with van der Waals surface area (Å²) >= 11 is 0. The molecule has 0 saturated heterocycles. The lowest BCUT2D eigenvalue weighted by Gasteiger charge is -2.09. The minimum Gasteiger partial charge on any atom is -0.370 e. The predicted octanol–water partition coefficient (Wildman–Crippen LogP) is 1.92. The molecule has 0 fully saturated rings. The Morgan fingerprint density at radius 3 is 2.68 bits per heavy atom. The summed E-state index contributed by atoms with van der Waals surface area (Å²) in [7, 11) is 0. The smallest absolute Gasteiger partial charge is 0.131 e. The minimum atomic E-state index is 0.774. The monoisotopic (exact) mass is 260 g/mol. The van der Waals surface area contributed by atoms with Crippen molar-refractivity contribution in [3.05, 3.63) is 30.6 Å². The molecule has 0 aromatic carbocycles. The summed E-state index contributed by atoms with van der Waals surface area (Å²) in [5, 5.41) is 6.52. The average molecular weight is 260 g/mol. The van der Waals surface area contributed by atoms with Gasteiger partial charge in [-0.3, -0.25) is 0 Å². The van der Waals surface area contributed by atoms with Gasteiger partial charge in [0, 0.05) is 38.1 Å². The number of aromatic nitrogens is 4. The van der Waals surface area contributed by atoms with E-state index in [1.165, 1.54) is 0 Å². The molecular formula is C13H20N6. The van der Waals surface area contributed by atoms with Crippen molar-refractivity contribution in [1.82, 2.24) is 19.5 Å². The summed E-state index contributed by atoms with van der Waals surface area (Å²) in [5.41, 5.74) is 0. The van der Waals surface area contributed by atoms with Gasteiger partial charge in [-0.25, -0.2) is 15.0 Å². The molecule has 0 aliphatic rings. The summed E-state index contributed by atoms with van der Waals surface area (Å²) in [5.74, 6) is 2.51. The van der Waals surface area contributed by atoms with Gasteiger partial charge in [0.05, 0.1) is 6.33 Å². The minimum absolute atomic E-state index is 0.774. The van der Waals surface area contributed by atoms with Crippen molar-refractivity contribution in [1.29, 1.82) is 0 Å². The maximum Gasteiger partial charge on any atom is 0.131 e. The van der Waals surface area contributed by atoms with Gasteiger partial charge < -0.3 is 15.2 Å². The molecule has 19 heavy (non-hydrogen) atoms. The van der Waals surface area contributed by atoms with Gasteiger partial charge >= 0.3 is 0 Å². The number of hydrogen-bond acceptors (Lipinski definition) is 5. The second-order valence-electron chi connectivity index (χ2n) is 4.30. The average Bonchev–Trinajstić information content (AvgIpc) is 2.87. The highest BCUT2D eigenvalue weighted by molar-refractivity contribution is 5.47. The van der Waals surface area contributed by atoms with Gasteiger partial charge in [0.15, 0.2) is 0 Å². The van der Waals surface area contributed by atoms with Gasteiger partial charge in [0.1, 0.15) is 17.5 Å². The third-order valence-electron chi connectivity index (χ3n) is 2.65. The van der Waals surface area contributed by atoms with E-state index >= 15 is 0 Å². The normalized spacial score (nSPS) is 10.4. The highest BCUT2D eigenvalue weighted by Gasteiger charge is 2.00. The van der Waals surface area contributed by atoms with Crippen molar-refractivity contribution in [2.45, 2.75) is 26.8 Å². The van der Waals surface area contributed by atoms with Gasteiger partial charge in [-0.1, -0.05) is 0 Å². The lowest BCUT2D eigenvalue weighted by Crippen LogP contribution is -2.09. The predicted molar refractivity (Wildman–Crippen MR) is 76.3 cm³/mol. The second-order valence-corrected chi connectivity index (χ2v) is 4.30. The molecule has 0 bridgehead atoms. The molecule has 0 spiro atoms. The summed E-state index contributed by atoms with van der Waals surface area (Å²) < 4.78 is 2.07. The Morgan fingerprint density at radius 1 is 1.21 bits per heavy atom. The number of hydrogen-bond donors (Lipinski definition) is 2. The standard InChI is InChI=1S/C13H20N6/c1-3-15-12-9-13(18-11(2)17-12)16-5-4-7-19-8-6-14-10-19/h6,8-10H,3-5,7H2,1-2H3,(H2,15,16,17,18). The first-order chi connectivity index (χ1) is 9.28. The Hall–Kier alpha value is -2.11. The summed E-state index contributed by atoms with van der Waals surface area (Å²) in [6, 6.07) is 1.94. The van der Waals surface area contributed by atoms with Crippen LogP contribution in [0.3, 0.4) is 0 Å². The molecule has 6 heteroatoms. The van der Waals surface area contributed by atoms with Crippen LogP contribution >= 0.6 is 0 Å². The molecular weight excluding hydrogens is 240 g/mol. The molecule has 2 rings (SSSR count). The molecule has 0 amide bonds. The molecule has 2 aromatic rings. The SMILES string of the molecule is CCNc1cc(NCCCn2ccnc2)nc(C)n1. The highest BCUT2D eigenvalue weighted by atomic mass is 15.1. The maximum absolute atomic E-state index is 4.37. The molecule has 0 unspecified atom stereocenters. The van der Waals surface area contributed by atoms with Crippen LogP contribution in [0.1, 0.15) is 19.2 Å². The zero-order valence-electron chi connectivity index (χ0n) is 11.4. The molecule has 0 atom stereocenters. The number of imidazole rings is 1. The molecule has 6 nitrogen and oxygen atoms in total. The van der Waals surface area contributed by atoms with E-state index in [1.54, 1.807) is 6.20 Å². The van der Waals surface area contributed by atoms with Crippen molar-refractivity contribution in [2.24, 2.45) is 0 Å². The highest BCUT2D eigenvalue weighted by Crippen LogP contribution is 2.10. The van der Waals surface area contributed by atoms with Crippen molar-refractivity contribution < 1.29 is 0 Å². The Kier molecular flexibility index (Phi) is 4.72. The summed E-state index contributed by atoms with van der Waals surface area (Å²) in [4.78, 5) is 12.7. The van der Waals surface area contributed by atoms with Crippen molar-refractivity contribution in [3.8, 4) is 0 Å². The first-order valence-electron chi connectivity index (χ1n) is 6.57. The van der Waals surface area contributed by atoms with E-state index in [0.29, 0.717) is 0 Å². The van der Waals surface area contributed by atoms with E-state index in [0.717, 1.165) is 43.5 Å². The zero-order chi connectivity index (χ0) is 13.5. The van der Waals surface area contributed by atoms with Gasteiger partial charge in [-0.05, 0) is 20.3 Å². The van der Waals surface area contributed by atoms with Crippen LogP contribution in [0, 0.1) is 6.92 Å². The van der Waals surface area contributed by atoms with Crippen LogP contribution in [0.4, 0.5) is 11.6 Å². The van der Waals surface area contributed by atoms with Crippen LogP contribution in [-0.2, 0) is 6.54 Å². The molecule has 0 aliphatic carbocycles. The molecule has 2 aromatic heterocycles. The quantitative estimate of drug-likeness (QED) is 0.744. The first-order valence-corrected chi connectivity index (χ1v) is 6.57. The Bertz CT molecular complexity index is 494. The summed E-state index contributed by atoms with van der Waals surface area (Å²) in [6.07, 6.45) is 6.62. The fourth-order valence-electron chi connectivity index (χ4n) is 1.83. The van der Waals surface area contributed by atoms with E-state index in [1.807, 2.05) is 25.5 Å². The lowest BCUT2D eigenvalue weighted by atomic mass is 10.4. The van der Waals surface area contributed by atoms with Crippen molar-refractivity contribution in [3.63, 3.8) is 0 Å². The topological polar surface area (TPSA) is 67.7 Å². The van der Waals surface area contributed by atoms with Gasteiger partial charge in [0.25, 0.3) is 0 Å². The van der Waals surface area contributed by atoms with E-state index in [4.69, 9.17) is 0 Å². The molecule has 102 valence electrons. The Balaban J connectivity index is 1.81. The number of anilines is 2. The molecule has 0 saturated carbocycles. The third kappa shape index (κ3) is 4.24. The fraction of sp³-hybridized carbons (Fsp3) is 0.462. The maximum atomic E-state index is 4.37. The number of nitrogens with zero attached hydrogens (tertiary/aromatic N) is 4. The molecule has 2 heterocycles. The Labute approximate surface area is 113 Å². The van der Waals surface area contributed by atoms with Crippen LogP contribution in [0.15, 0.2) is 24.8 Å². The van der Waals surface area contributed by atoms with E-state index in [-0.39, 0.29) is 0 Å². The second kappa shape index (κ2) is 6.72. The number of aryl methyl sites for hydroxylation is 2. The zero-order valence-corrected chi connectivity index (χ0v) is 11.4. The van der Waals surface area contributed by atoms with Crippen LogP contribution in [0.2, 0.25) is 0 Å². The molecule has 2 N–H and O–H groups in total. The fourth-order valence-corrected chi connectivity index (χ4v) is 1.83.